The molecule has 1 aromatic carbocycles. The minimum atomic E-state index is -0.427. The quantitative estimate of drug-likeness (QED) is 0.529. The number of hydrogen-bond acceptors (Lipinski definition) is 6. The minimum Gasteiger partial charge on any atom is -0.342 e. The molecule has 5 rings (SSSR count). The Balaban J connectivity index is 1.43. The smallest absolute Gasteiger partial charge is 0.291 e. The molecule has 0 unspecified atom stereocenters. The first-order valence-electron chi connectivity index (χ1n) is 9.12. The van der Waals surface area contributed by atoms with Gasteiger partial charge in [0.25, 0.3) is 5.91 Å². The second-order valence-corrected chi connectivity index (χ2v) is 7.64. The summed E-state index contributed by atoms with van der Waals surface area (Å²) in [7, 11) is 0. The van der Waals surface area contributed by atoms with Gasteiger partial charge in [-0.25, -0.2) is 14.1 Å². The Morgan fingerprint density at radius 2 is 2.17 bits per heavy atom. The van der Waals surface area contributed by atoms with Crippen molar-refractivity contribution in [3.8, 4) is 16.4 Å². The second kappa shape index (κ2) is 7.21. The highest BCUT2D eigenvalue weighted by molar-refractivity contribution is 7.13. The molecule has 146 valence electrons. The van der Waals surface area contributed by atoms with E-state index in [2.05, 4.69) is 25.6 Å². The molecule has 0 bridgehead atoms. The van der Waals surface area contributed by atoms with Gasteiger partial charge in [-0.3, -0.25) is 4.79 Å². The maximum atomic E-state index is 13.7. The van der Waals surface area contributed by atoms with Crippen molar-refractivity contribution in [3.05, 3.63) is 65.6 Å². The first kappa shape index (κ1) is 17.7. The Kier molecular flexibility index (Phi) is 4.39. The van der Waals surface area contributed by atoms with Crippen LogP contribution in [-0.4, -0.2) is 35.4 Å². The third-order valence-electron chi connectivity index (χ3n) is 4.60. The van der Waals surface area contributed by atoms with E-state index in [1.54, 1.807) is 18.5 Å². The predicted molar refractivity (Wildman–Crippen MR) is 104 cm³/mol. The first-order chi connectivity index (χ1) is 14.2. The zero-order valence-corrected chi connectivity index (χ0v) is 16.0. The lowest BCUT2D eigenvalue weighted by atomic mass is 10.3. The van der Waals surface area contributed by atoms with Gasteiger partial charge in [-0.2, -0.15) is 0 Å². The van der Waals surface area contributed by atoms with Crippen LogP contribution >= 0.6 is 11.3 Å². The van der Waals surface area contributed by atoms with Gasteiger partial charge in [-0.15, -0.1) is 26.6 Å². The number of halogens is 1. The molecule has 3 aromatic heterocycles. The van der Waals surface area contributed by atoms with Gasteiger partial charge in [0.05, 0.1) is 17.1 Å². The standard InChI is InChI=1S/C19H16FN7OS/c20-12-3-1-4-14(9-12)27-18(15-5-2-8-29-15)23-17(25-27)19(28)21-10-16-24-22-11-26(16)13-6-7-13/h1-5,8-9,11,13H,6-7,10H2,(H,21,28). The Morgan fingerprint density at radius 3 is 2.93 bits per heavy atom. The molecule has 8 nitrogen and oxygen atoms in total. The Morgan fingerprint density at radius 1 is 1.28 bits per heavy atom. The lowest BCUT2D eigenvalue weighted by molar-refractivity contribution is 0.0939. The van der Waals surface area contributed by atoms with Crippen LogP contribution in [0.1, 0.15) is 35.3 Å². The van der Waals surface area contributed by atoms with Gasteiger partial charge in [-0.1, -0.05) is 12.1 Å². The Labute approximate surface area is 169 Å². The summed E-state index contributed by atoms with van der Waals surface area (Å²) >= 11 is 1.47. The van der Waals surface area contributed by atoms with E-state index >= 15 is 0 Å². The number of hydrogen-bond donors (Lipinski definition) is 1. The number of rotatable bonds is 6. The third-order valence-corrected chi connectivity index (χ3v) is 5.46. The number of benzene rings is 1. The molecule has 1 aliphatic rings. The highest BCUT2D eigenvalue weighted by Crippen LogP contribution is 2.35. The fraction of sp³-hybridized carbons (Fsp3) is 0.211. The molecule has 10 heteroatoms. The van der Waals surface area contributed by atoms with Gasteiger partial charge in [0.2, 0.25) is 5.82 Å². The molecule has 1 aliphatic carbocycles. The number of amides is 1. The van der Waals surface area contributed by atoms with E-state index in [1.165, 1.54) is 28.2 Å². The normalized spacial score (nSPS) is 13.6. The molecule has 1 fully saturated rings. The summed E-state index contributed by atoms with van der Waals surface area (Å²) in [4.78, 5) is 17.9. The fourth-order valence-electron chi connectivity index (χ4n) is 3.05. The summed E-state index contributed by atoms with van der Waals surface area (Å²) in [5.41, 5.74) is 0.494. The van der Waals surface area contributed by atoms with Gasteiger partial charge in [0, 0.05) is 6.04 Å². The Bertz CT molecular complexity index is 1160. The van der Waals surface area contributed by atoms with Crippen LogP contribution in [-0.2, 0) is 6.54 Å². The van der Waals surface area contributed by atoms with E-state index in [-0.39, 0.29) is 18.2 Å². The summed E-state index contributed by atoms with van der Waals surface area (Å²) in [5.74, 6) is 0.375. The molecule has 0 atom stereocenters. The van der Waals surface area contributed by atoms with Crippen molar-refractivity contribution in [1.29, 1.82) is 0 Å². The van der Waals surface area contributed by atoms with Crippen LogP contribution in [0.5, 0.6) is 0 Å². The van der Waals surface area contributed by atoms with Gasteiger partial charge in [0.1, 0.15) is 12.1 Å². The number of carbonyl (C=O) groups excluding carboxylic acids is 1. The van der Waals surface area contributed by atoms with Crippen molar-refractivity contribution in [3.63, 3.8) is 0 Å². The maximum Gasteiger partial charge on any atom is 0.291 e. The van der Waals surface area contributed by atoms with Crippen molar-refractivity contribution in [2.75, 3.05) is 0 Å². The van der Waals surface area contributed by atoms with Gasteiger partial charge in [0.15, 0.2) is 11.6 Å². The predicted octanol–water partition coefficient (Wildman–Crippen LogP) is 2.99. The van der Waals surface area contributed by atoms with E-state index in [0.29, 0.717) is 23.4 Å². The van der Waals surface area contributed by atoms with Crippen LogP contribution < -0.4 is 5.32 Å². The van der Waals surface area contributed by atoms with Crippen molar-refractivity contribution >= 4 is 17.2 Å². The first-order valence-corrected chi connectivity index (χ1v) is 10.0. The number of carbonyl (C=O) groups is 1. The lowest BCUT2D eigenvalue weighted by Gasteiger charge is -2.05. The van der Waals surface area contributed by atoms with E-state index < -0.39 is 5.91 Å². The number of thiophene rings is 1. The van der Waals surface area contributed by atoms with Crippen LogP contribution in [0.2, 0.25) is 0 Å². The monoisotopic (exact) mass is 409 g/mol. The molecule has 0 radical (unpaired) electrons. The number of aromatic nitrogens is 6. The zero-order valence-electron chi connectivity index (χ0n) is 15.2. The summed E-state index contributed by atoms with van der Waals surface area (Å²) in [6.07, 6.45) is 3.89. The molecule has 29 heavy (non-hydrogen) atoms. The minimum absolute atomic E-state index is 0.00940. The number of nitrogens with zero attached hydrogens (tertiary/aromatic N) is 6. The molecule has 3 heterocycles. The van der Waals surface area contributed by atoms with Crippen LogP contribution in [0.4, 0.5) is 4.39 Å². The molecular weight excluding hydrogens is 393 g/mol. The van der Waals surface area contributed by atoms with Gasteiger partial charge in [-0.05, 0) is 42.5 Å². The van der Waals surface area contributed by atoms with Crippen molar-refractivity contribution < 1.29 is 9.18 Å². The summed E-state index contributed by atoms with van der Waals surface area (Å²) in [5, 5.41) is 17.0. The molecule has 0 aliphatic heterocycles. The van der Waals surface area contributed by atoms with Gasteiger partial charge >= 0.3 is 0 Å². The number of nitrogens with one attached hydrogen (secondary N) is 1. The van der Waals surface area contributed by atoms with Crippen LogP contribution in [0.3, 0.4) is 0 Å². The average molecular weight is 409 g/mol. The molecule has 1 N–H and O–H groups in total. The molecule has 0 spiro atoms. The molecule has 1 saturated carbocycles. The summed E-state index contributed by atoms with van der Waals surface area (Å²) < 4.78 is 17.2. The maximum absolute atomic E-state index is 13.7. The SMILES string of the molecule is O=C(NCc1nncn1C1CC1)c1nc(-c2cccs2)n(-c2cccc(F)c2)n1. The van der Waals surface area contributed by atoms with E-state index in [0.717, 1.165) is 17.7 Å². The molecular formula is C19H16FN7OS. The third kappa shape index (κ3) is 3.54. The molecule has 1 amide bonds. The van der Waals surface area contributed by atoms with Gasteiger partial charge < -0.3 is 9.88 Å². The Hall–Kier alpha value is -3.40. The van der Waals surface area contributed by atoms with Crippen molar-refractivity contribution in [2.24, 2.45) is 0 Å². The van der Waals surface area contributed by atoms with Crippen LogP contribution in [0, 0.1) is 5.82 Å². The van der Waals surface area contributed by atoms with E-state index in [9.17, 15) is 9.18 Å². The summed E-state index contributed by atoms with van der Waals surface area (Å²) in [6, 6.07) is 10.2. The largest absolute Gasteiger partial charge is 0.342 e. The average Bonchev–Trinajstić information content (AvgIpc) is 3.16. The van der Waals surface area contributed by atoms with Crippen LogP contribution in [0.25, 0.3) is 16.4 Å². The highest BCUT2D eigenvalue weighted by atomic mass is 32.1. The van der Waals surface area contributed by atoms with Crippen LogP contribution in [0.15, 0.2) is 48.1 Å². The molecule has 4 aromatic rings. The summed E-state index contributed by atoms with van der Waals surface area (Å²) in [6.45, 7) is 0.234. The topological polar surface area (TPSA) is 90.5 Å². The lowest BCUT2D eigenvalue weighted by Crippen LogP contribution is -2.26. The van der Waals surface area contributed by atoms with Crippen molar-refractivity contribution in [1.82, 2.24) is 34.8 Å². The van der Waals surface area contributed by atoms with E-state index in [1.807, 2.05) is 22.1 Å². The van der Waals surface area contributed by atoms with E-state index in [4.69, 9.17) is 0 Å². The molecule has 0 saturated heterocycles. The zero-order chi connectivity index (χ0) is 19.8. The highest BCUT2D eigenvalue weighted by Gasteiger charge is 2.26. The van der Waals surface area contributed by atoms with Crippen molar-refractivity contribution in [2.45, 2.75) is 25.4 Å². The fourth-order valence-corrected chi connectivity index (χ4v) is 3.75. The second-order valence-electron chi connectivity index (χ2n) is 6.70.